The van der Waals surface area contributed by atoms with Crippen LogP contribution in [0.1, 0.15) is 42.9 Å². The van der Waals surface area contributed by atoms with Crippen LogP contribution in [-0.2, 0) is 30.6 Å². The van der Waals surface area contributed by atoms with E-state index in [9.17, 15) is 4.79 Å². The van der Waals surface area contributed by atoms with Crippen molar-refractivity contribution in [2.75, 3.05) is 20.8 Å². The summed E-state index contributed by atoms with van der Waals surface area (Å²) in [5.41, 5.74) is 0.967. The number of fused-ring (bicyclic) bond motifs is 1. The van der Waals surface area contributed by atoms with Crippen molar-refractivity contribution in [1.29, 1.82) is 0 Å². The van der Waals surface area contributed by atoms with Gasteiger partial charge in [0.05, 0.1) is 14.2 Å². The fourth-order valence-electron chi connectivity index (χ4n) is 3.46. The van der Waals surface area contributed by atoms with E-state index in [1.54, 1.807) is 14.2 Å². The Balaban J connectivity index is 1.47. The zero-order valence-electron chi connectivity index (χ0n) is 16.2. The lowest BCUT2D eigenvalue weighted by Gasteiger charge is -2.11. The van der Waals surface area contributed by atoms with Crippen molar-refractivity contribution in [2.24, 2.45) is 0 Å². The lowest BCUT2D eigenvalue weighted by molar-refractivity contribution is -0.121. The molecule has 0 unspecified atom stereocenters. The molecule has 1 aliphatic heterocycles. The van der Waals surface area contributed by atoms with E-state index in [1.807, 2.05) is 18.2 Å². The number of hydrogen-bond donors (Lipinski definition) is 1. The Morgan fingerprint density at radius 3 is 2.85 bits per heavy atom. The summed E-state index contributed by atoms with van der Waals surface area (Å²) in [7, 11) is 3.26. The Bertz CT molecular complexity index is 773. The van der Waals surface area contributed by atoms with Crippen molar-refractivity contribution in [3.05, 3.63) is 35.4 Å². The minimum Gasteiger partial charge on any atom is -0.497 e. The summed E-state index contributed by atoms with van der Waals surface area (Å²) in [6.45, 7) is 1.56. The van der Waals surface area contributed by atoms with Crippen molar-refractivity contribution >= 4 is 5.91 Å². The first-order valence-corrected chi connectivity index (χ1v) is 9.60. The number of methoxy groups -OCH3 is 2. The van der Waals surface area contributed by atoms with Gasteiger partial charge in [-0.3, -0.25) is 4.79 Å². The van der Waals surface area contributed by atoms with E-state index in [1.165, 1.54) is 19.3 Å². The molecule has 7 nitrogen and oxygen atoms in total. The van der Waals surface area contributed by atoms with E-state index in [0.717, 1.165) is 41.7 Å². The molecule has 1 N–H and O–H groups in total. The van der Waals surface area contributed by atoms with Gasteiger partial charge in [-0.15, -0.1) is 10.2 Å². The minimum atomic E-state index is 0.0236. The smallest absolute Gasteiger partial charge is 0.220 e. The van der Waals surface area contributed by atoms with Gasteiger partial charge in [-0.05, 0) is 43.0 Å². The number of aryl methyl sites for hydroxylation is 2. The summed E-state index contributed by atoms with van der Waals surface area (Å²) in [5, 5.41) is 11.6. The first-order chi connectivity index (χ1) is 13.2. The van der Waals surface area contributed by atoms with Gasteiger partial charge in [0, 0.05) is 32.4 Å². The summed E-state index contributed by atoms with van der Waals surface area (Å²) in [6, 6.07) is 5.63. The number of nitrogens with one attached hydrogen (secondary N) is 1. The molecular formula is C20H28N4O3. The minimum absolute atomic E-state index is 0.0236. The van der Waals surface area contributed by atoms with Crippen LogP contribution in [0.4, 0.5) is 0 Å². The van der Waals surface area contributed by atoms with Crippen LogP contribution < -0.4 is 14.8 Å². The zero-order chi connectivity index (χ0) is 19.1. The molecule has 1 aromatic heterocycles. The van der Waals surface area contributed by atoms with Crippen molar-refractivity contribution in [2.45, 2.75) is 51.5 Å². The zero-order valence-corrected chi connectivity index (χ0v) is 16.2. The van der Waals surface area contributed by atoms with Crippen molar-refractivity contribution in [3.63, 3.8) is 0 Å². The lowest BCUT2D eigenvalue weighted by atomic mass is 10.1. The SMILES string of the molecule is COc1ccc(OC)c(CCC(=O)NCCc2nnc3n2CCCCC3)c1. The van der Waals surface area contributed by atoms with Crippen molar-refractivity contribution in [3.8, 4) is 11.5 Å². The van der Waals surface area contributed by atoms with Gasteiger partial charge in [-0.1, -0.05) is 6.42 Å². The molecule has 7 heteroatoms. The number of rotatable bonds is 8. The van der Waals surface area contributed by atoms with Crippen LogP contribution in [0.2, 0.25) is 0 Å². The van der Waals surface area contributed by atoms with E-state index in [0.29, 0.717) is 25.8 Å². The second kappa shape index (κ2) is 9.39. The third kappa shape index (κ3) is 4.99. The van der Waals surface area contributed by atoms with Crippen LogP contribution >= 0.6 is 0 Å². The fraction of sp³-hybridized carbons (Fsp3) is 0.550. The van der Waals surface area contributed by atoms with Gasteiger partial charge >= 0.3 is 0 Å². The third-order valence-corrected chi connectivity index (χ3v) is 4.97. The molecule has 3 rings (SSSR count). The van der Waals surface area contributed by atoms with Gasteiger partial charge in [0.2, 0.25) is 5.91 Å². The molecule has 0 spiro atoms. The monoisotopic (exact) mass is 372 g/mol. The van der Waals surface area contributed by atoms with E-state index in [-0.39, 0.29) is 5.91 Å². The standard InChI is InChI=1S/C20H28N4O3/c1-26-16-8-9-17(27-2)15(14-16)7-10-20(25)21-12-11-19-23-22-18-6-4-3-5-13-24(18)19/h8-9,14H,3-7,10-13H2,1-2H3,(H,21,25). The maximum absolute atomic E-state index is 12.2. The molecule has 0 saturated heterocycles. The molecule has 0 bridgehead atoms. The highest BCUT2D eigenvalue weighted by Crippen LogP contribution is 2.25. The molecule has 2 heterocycles. The quantitative estimate of drug-likeness (QED) is 0.769. The number of benzene rings is 1. The Kier molecular flexibility index (Phi) is 6.68. The molecule has 27 heavy (non-hydrogen) atoms. The van der Waals surface area contributed by atoms with Gasteiger partial charge in [0.15, 0.2) is 0 Å². The molecule has 0 saturated carbocycles. The largest absolute Gasteiger partial charge is 0.497 e. The van der Waals surface area contributed by atoms with Crippen LogP contribution in [0.3, 0.4) is 0 Å². The number of aromatic nitrogens is 3. The molecule has 2 aromatic rings. The molecule has 0 fully saturated rings. The maximum atomic E-state index is 12.2. The van der Waals surface area contributed by atoms with Crippen LogP contribution in [0, 0.1) is 0 Å². The van der Waals surface area contributed by atoms with Crippen LogP contribution in [0.5, 0.6) is 11.5 Å². The highest BCUT2D eigenvalue weighted by molar-refractivity contribution is 5.76. The lowest BCUT2D eigenvalue weighted by Crippen LogP contribution is -2.26. The van der Waals surface area contributed by atoms with Crippen molar-refractivity contribution < 1.29 is 14.3 Å². The summed E-state index contributed by atoms with van der Waals surface area (Å²) >= 11 is 0. The molecule has 1 aromatic carbocycles. The first kappa shape index (κ1) is 19.2. The molecular weight excluding hydrogens is 344 g/mol. The summed E-state index contributed by atoms with van der Waals surface area (Å²) < 4.78 is 12.8. The van der Waals surface area contributed by atoms with E-state index < -0.39 is 0 Å². The van der Waals surface area contributed by atoms with Gasteiger partial charge in [-0.25, -0.2) is 0 Å². The van der Waals surface area contributed by atoms with Gasteiger partial charge in [0.25, 0.3) is 0 Å². The second-order valence-corrected chi connectivity index (χ2v) is 6.77. The molecule has 1 amide bonds. The normalized spacial score (nSPS) is 13.6. The Hall–Kier alpha value is -2.57. The molecule has 0 radical (unpaired) electrons. The van der Waals surface area contributed by atoms with E-state index in [4.69, 9.17) is 9.47 Å². The van der Waals surface area contributed by atoms with E-state index >= 15 is 0 Å². The highest BCUT2D eigenvalue weighted by Gasteiger charge is 2.14. The molecule has 0 atom stereocenters. The summed E-state index contributed by atoms with van der Waals surface area (Å²) in [5.74, 6) is 3.62. The molecule has 1 aliphatic rings. The second-order valence-electron chi connectivity index (χ2n) is 6.77. The summed E-state index contributed by atoms with van der Waals surface area (Å²) in [6.07, 6.45) is 6.32. The van der Waals surface area contributed by atoms with Crippen LogP contribution in [0.25, 0.3) is 0 Å². The topological polar surface area (TPSA) is 78.3 Å². The number of carbonyl (C=O) groups excluding carboxylic acids is 1. The Labute approximate surface area is 160 Å². The predicted molar refractivity (Wildman–Crippen MR) is 102 cm³/mol. The van der Waals surface area contributed by atoms with E-state index in [2.05, 4.69) is 20.1 Å². The fourth-order valence-corrected chi connectivity index (χ4v) is 3.46. The van der Waals surface area contributed by atoms with Crippen molar-refractivity contribution in [1.82, 2.24) is 20.1 Å². The number of ether oxygens (including phenoxy) is 2. The van der Waals surface area contributed by atoms with Crippen LogP contribution in [-0.4, -0.2) is 41.4 Å². The first-order valence-electron chi connectivity index (χ1n) is 9.60. The summed E-state index contributed by atoms with van der Waals surface area (Å²) in [4.78, 5) is 12.2. The average molecular weight is 372 g/mol. The van der Waals surface area contributed by atoms with Gasteiger partial charge in [0.1, 0.15) is 23.1 Å². The maximum Gasteiger partial charge on any atom is 0.220 e. The number of hydrogen-bond acceptors (Lipinski definition) is 5. The van der Waals surface area contributed by atoms with Crippen LogP contribution in [0.15, 0.2) is 18.2 Å². The van der Waals surface area contributed by atoms with Gasteiger partial charge in [-0.2, -0.15) is 0 Å². The molecule has 146 valence electrons. The number of carbonyl (C=O) groups is 1. The number of nitrogens with zero attached hydrogens (tertiary/aromatic N) is 3. The van der Waals surface area contributed by atoms with Gasteiger partial charge < -0.3 is 19.4 Å². The Morgan fingerprint density at radius 1 is 1.15 bits per heavy atom. The third-order valence-electron chi connectivity index (χ3n) is 4.97. The predicted octanol–water partition coefficient (Wildman–Crippen LogP) is 2.31. The number of amides is 1. The molecule has 0 aliphatic carbocycles. The highest BCUT2D eigenvalue weighted by atomic mass is 16.5. The average Bonchev–Trinajstić information content (AvgIpc) is 2.92. The Morgan fingerprint density at radius 2 is 2.04 bits per heavy atom.